The van der Waals surface area contributed by atoms with Crippen LogP contribution in [-0.4, -0.2) is 25.9 Å². The van der Waals surface area contributed by atoms with Crippen LogP contribution in [0.1, 0.15) is 22.8 Å². The molecule has 0 saturated heterocycles. The van der Waals surface area contributed by atoms with Crippen molar-refractivity contribution < 1.29 is 19.1 Å². The van der Waals surface area contributed by atoms with Crippen molar-refractivity contribution >= 4 is 23.5 Å². The van der Waals surface area contributed by atoms with Gasteiger partial charge in [-0.2, -0.15) is 0 Å². The standard InChI is InChI=1S/C19H19NO4/c1-13(21)20-15-7-4-6-14(12-15)17(22)11-10-16-18(23-2)8-5-9-19(16)24-3/h4-12H,1-3H3,(H,20,21). The summed E-state index contributed by atoms with van der Waals surface area (Å²) in [6.07, 6.45) is 3.11. The molecule has 0 aliphatic heterocycles. The fourth-order valence-electron chi connectivity index (χ4n) is 2.25. The molecule has 124 valence electrons. The molecule has 5 nitrogen and oxygen atoms in total. The van der Waals surface area contributed by atoms with E-state index in [1.165, 1.54) is 13.0 Å². The van der Waals surface area contributed by atoms with Crippen LogP contribution in [0.4, 0.5) is 5.69 Å². The Bertz CT molecular complexity index is 758. The molecule has 0 aliphatic rings. The molecule has 0 atom stereocenters. The molecule has 0 aromatic heterocycles. The van der Waals surface area contributed by atoms with Gasteiger partial charge in [-0.05, 0) is 36.4 Å². The van der Waals surface area contributed by atoms with Crippen molar-refractivity contribution in [3.8, 4) is 11.5 Å². The Morgan fingerprint density at radius 2 is 1.62 bits per heavy atom. The summed E-state index contributed by atoms with van der Waals surface area (Å²) in [4.78, 5) is 23.5. The van der Waals surface area contributed by atoms with Gasteiger partial charge in [0.1, 0.15) is 11.5 Å². The van der Waals surface area contributed by atoms with Crippen LogP contribution in [0.5, 0.6) is 11.5 Å². The molecule has 0 unspecified atom stereocenters. The lowest BCUT2D eigenvalue weighted by atomic mass is 10.1. The Morgan fingerprint density at radius 3 is 2.21 bits per heavy atom. The molecule has 1 amide bonds. The molecule has 0 radical (unpaired) electrons. The molecule has 0 aliphatic carbocycles. The lowest BCUT2D eigenvalue weighted by Gasteiger charge is -2.09. The van der Waals surface area contributed by atoms with Gasteiger partial charge < -0.3 is 14.8 Å². The van der Waals surface area contributed by atoms with Crippen LogP contribution in [0.2, 0.25) is 0 Å². The van der Waals surface area contributed by atoms with Crippen molar-refractivity contribution in [3.63, 3.8) is 0 Å². The summed E-state index contributed by atoms with van der Waals surface area (Å²) < 4.78 is 10.6. The first-order valence-corrected chi connectivity index (χ1v) is 7.36. The molecule has 24 heavy (non-hydrogen) atoms. The van der Waals surface area contributed by atoms with Gasteiger partial charge in [0, 0.05) is 18.2 Å². The number of ketones is 1. The molecule has 1 N–H and O–H groups in total. The maximum Gasteiger partial charge on any atom is 0.221 e. The zero-order chi connectivity index (χ0) is 17.5. The molecule has 2 rings (SSSR count). The average molecular weight is 325 g/mol. The fraction of sp³-hybridized carbons (Fsp3) is 0.158. The Labute approximate surface area is 140 Å². The molecular weight excluding hydrogens is 306 g/mol. The predicted molar refractivity (Wildman–Crippen MR) is 93.7 cm³/mol. The van der Waals surface area contributed by atoms with Crippen LogP contribution in [0.3, 0.4) is 0 Å². The van der Waals surface area contributed by atoms with E-state index in [0.717, 1.165) is 0 Å². The van der Waals surface area contributed by atoms with Crippen LogP contribution in [0, 0.1) is 0 Å². The summed E-state index contributed by atoms with van der Waals surface area (Å²) in [5.41, 5.74) is 1.75. The molecule has 5 heteroatoms. The van der Waals surface area contributed by atoms with Crippen molar-refractivity contribution in [1.82, 2.24) is 0 Å². The first kappa shape index (κ1) is 17.3. The van der Waals surface area contributed by atoms with Gasteiger partial charge in [-0.15, -0.1) is 0 Å². The minimum absolute atomic E-state index is 0.185. The molecule has 2 aromatic rings. The van der Waals surface area contributed by atoms with Crippen LogP contribution in [0.25, 0.3) is 6.08 Å². The average Bonchev–Trinajstić information content (AvgIpc) is 2.58. The zero-order valence-electron chi connectivity index (χ0n) is 13.8. The van der Waals surface area contributed by atoms with E-state index >= 15 is 0 Å². The Balaban J connectivity index is 2.27. The van der Waals surface area contributed by atoms with E-state index in [9.17, 15) is 9.59 Å². The van der Waals surface area contributed by atoms with Gasteiger partial charge in [-0.1, -0.05) is 18.2 Å². The van der Waals surface area contributed by atoms with E-state index in [4.69, 9.17) is 9.47 Å². The predicted octanol–water partition coefficient (Wildman–Crippen LogP) is 3.56. The van der Waals surface area contributed by atoms with Crippen LogP contribution < -0.4 is 14.8 Å². The first-order valence-electron chi connectivity index (χ1n) is 7.36. The summed E-state index contributed by atoms with van der Waals surface area (Å²) in [6.45, 7) is 1.42. The molecule has 0 spiro atoms. The molecule has 0 fully saturated rings. The monoisotopic (exact) mass is 325 g/mol. The van der Waals surface area contributed by atoms with Gasteiger partial charge in [-0.25, -0.2) is 0 Å². The number of benzene rings is 2. The first-order chi connectivity index (χ1) is 11.5. The SMILES string of the molecule is COc1cccc(OC)c1C=CC(=O)c1cccc(NC(C)=O)c1. The summed E-state index contributed by atoms with van der Waals surface area (Å²) in [7, 11) is 3.12. The van der Waals surface area contributed by atoms with Gasteiger partial charge in [0.15, 0.2) is 5.78 Å². The summed E-state index contributed by atoms with van der Waals surface area (Å²) in [5, 5.41) is 2.66. The molecule has 0 heterocycles. The van der Waals surface area contributed by atoms with Gasteiger partial charge in [0.2, 0.25) is 5.91 Å². The third-order valence-electron chi connectivity index (χ3n) is 3.33. The fourth-order valence-corrected chi connectivity index (χ4v) is 2.25. The van der Waals surface area contributed by atoms with E-state index in [1.807, 2.05) is 6.07 Å². The summed E-state index contributed by atoms with van der Waals surface area (Å²) in [5.74, 6) is 0.861. The van der Waals surface area contributed by atoms with Crippen molar-refractivity contribution in [2.45, 2.75) is 6.92 Å². The topological polar surface area (TPSA) is 64.6 Å². The maximum atomic E-state index is 12.4. The lowest BCUT2D eigenvalue weighted by Crippen LogP contribution is -2.06. The second-order valence-electron chi connectivity index (χ2n) is 5.04. The van der Waals surface area contributed by atoms with Crippen molar-refractivity contribution in [1.29, 1.82) is 0 Å². The normalized spacial score (nSPS) is 10.5. The Kier molecular flexibility index (Phi) is 5.73. The van der Waals surface area contributed by atoms with E-state index < -0.39 is 0 Å². The summed E-state index contributed by atoms with van der Waals surface area (Å²) in [6, 6.07) is 12.2. The van der Waals surface area contributed by atoms with E-state index in [-0.39, 0.29) is 11.7 Å². The number of hydrogen-bond donors (Lipinski definition) is 1. The number of allylic oxidation sites excluding steroid dienone is 1. The largest absolute Gasteiger partial charge is 0.496 e. The maximum absolute atomic E-state index is 12.4. The highest BCUT2D eigenvalue weighted by Gasteiger charge is 2.08. The number of carbonyl (C=O) groups excluding carboxylic acids is 2. The highest BCUT2D eigenvalue weighted by molar-refractivity contribution is 6.08. The molecule has 2 aromatic carbocycles. The number of nitrogens with one attached hydrogen (secondary N) is 1. The number of rotatable bonds is 6. The minimum Gasteiger partial charge on any atom is -0.496 e. The molecule has 0 saturated carbocycles. The second kappa shape index (κ2) is 7.97. The van der Waals surface area contributed by atoms with E-state index in [0.29, 0.717) is 28.3 Å². The number of methoxy groups -OCH3 is 2. The third-order valence-corrected chi connectivity index (χ3v) is 3.33. The quantitative estimate of drug-likeness (QED) is 0.651. The van der Waals surface area contributed by atoms with Crippen LogP contribution in [0.15, 0.2) is 48.5 Å². The highest BCUT2D eigenvalue weighted by Crippen LogP contribution is 2.29. The summed E-state index contributed by atoms with van der Waals surface area (Å²) >= 11 is 0. The number of hydrogen-bond acceptors (Lipinski definition) is 4. The lowest BCUT2D eigenvalue weighted by molar-refractivity contribution is -0.114. The van der Waals surface area contributed by atoms with Gasteiger partial charge in [0.05, 0.1) is 19.8 Å². The van der Waals surface area contributed by atoms with Gasteiger partial charge in [0.25, 0.3) is 0 Å². The molecule has 0 bridgehead atoms. The highest BCUT2D eigenvalue weighted by atomic mass is 16.5. The zero-order valence-corrected chi connectivity index (χ0v) is 13.8. The second-order valence-corrected chi connectivity index (χ2v) is 5.04. The Hall–Kier alpha value is -3.08. The smallest absolute Gasteiger partial charge is 0.221 e. The third kappa shape index (κ3) is 4.23. The van der Waals surface area contributed by atoms with Gasteiger partial charge >= 0.3 is 0 Å². The van der Waals surface area contributed by atoms with Crippen molar-refractivity contribution in [3.05, 3.63) is 59.7 Å². The molecular formula is C19H19NO4. The van der Waals surface area contributed by atoms with Gasteiger partial charge in [-0.3, -0.25) is 9.59 Å². The van der Waals surface area contributed by atoms with Crippen LogP contribution in [-0.2, 0) is 4.79 Å². The van der Waals surface area contributed by atoms with E-state index in [2.05, 4.69) is 5.32 Å². The van der Waals surface area contributed by atoms with Crippen LogP contribution >= 0.6 is 0 Å². The van der Waals surface area contributed by atoms with Crippen molar-refractivity contribution in [2.75, 3.05) is 19.5 Å². The van der Waals surface area contributed by atoms with E-state index in [1.54, 1.807) is 56.7 Å². The number of ether oxygens (including phenoxy) is 2. The number of anilines is 1. The van der Waals surface area contributed by atoms with Crippen molar-refractivity contribution in [2.24, 2.45) is 0 Å². The Morgan fingerprint density at radius 1 is 1.00 bits per heavy atom. The number of carbonyl (C=O) groups is 2. The minimum atomic E-state index is -0.186. The number of amides is 1.